The molecule has 0 aliphatic rings. The van der Waals surface area contributed by atoms with Gasteiger partial charge in [0, 0.05) is 55.3 Å². The van der Waals surface area contributed by atoms with Crippen LogP contribution in [0.5, 0.6) is 0 Å². The van der Waals surface area contributed by atoms with Crippen LogP contribution in [0.2, 0.25) is 0 Å². The van der Waals surface area contributed by atoms with E-state index in [0.29, 0.717) is 0 Å². The molecule has 12 rings (SSSR count). The van der Waals surface area contributed by atoms with E-state index in [-0.39, 0.29) is 0 Å². The SMILES string of the molecule is c1ccc(-c2ccc(N(c3ccc(-c4cccc(-c5cccc6c5oc5c(-c7ccccc7)cccc56)c4)cc3)c3ccc(-c4cccc5c4oc4ccccc45)cc3)cc2)cc1. The van der Waals surface area contributed by atoms with Gasteiger partial charge in [-0.25, -0.2) is 0 Å². The number of hydrogen-bond acceptors (Lipinski definition) is 3. The smallest absolute Gasteiger partial charge is 0.143 e. The highest BCUT2D eigenvalue weighted by Crippen LogP contribution is 2.42. The van der Waals surface area contributed by atoms with Crippen molar-refractivity contribution in [3.05, 3.63) is 237 Å². The molecule has 0 bridgehead atoms. The van der Waals surface area contributed by atoms with Gasteiger partial charge in [-0.3, -0.25) is 0 Å². The lowest BCUT2D eigenvalue weighted by atomic mass is 9.97. The van der Waals surface area contributed by atoms with E-state index < -0.39 is 0 Å². The van der Waals surface area contributed by atoms with Gasteiger partial charge in [0.15, 0.2) is 0 Å². The van der Waals surface area contributed by atoms with Crippen molar-refractivity contribution < 1.29 is 8.83 Å². The van der Waals surface area contributed by atoms with E-state index in [0.717, 1.165) is 105 Å². The molecule has 0 N–H and O–H groups in total. The molecule has 0 aliphatic heterocycles. The summed E-state index contributed by atoms with van der Waals surface area (Å²) >= 11 is 0. The summed E-state index contributed by atoms with van der Waals surface area (Å²) < 4.78 is 13.2. The van der Waals surface area contributed by atoms with Crippen LogP contribution in [0.1, 0.15) is 0 Å². The van der Waals surface area contributed by atoms with Crippen molar-refractivity contribution in [1.29, 1.82) is 0 Å². The van der Waals surface area contributed by atoms with Crippen molar-refractivity contribution >= 4 is 60.9 Å². The molecule has 2 heterocycles. The third-order valence-electron chi connectivity index (χ3n) is 12.3. The zero-order valence-electron chi connectivity index (χ0n) is 34.3. The Labute approximate surface area is 365 Å². The number of para-hydroxylation sites is 4. The fraction of sp³-hybridized carbons (Fsp3) is 0. The number of hydrogen-bond donors (Lipinski definition) is 0. The average molecular weight is 806 g/mol. The summed E-state index contributed by atoms with van der Waals surface area (Å²) in [6, 6.07) is 83.9. The topological polar surface area (TPSA) is 29.5 Å². The van der Waals surface area contributed by atoms with Crippen molar-refractivity contribution in [2.75, 3.05) is 4.90 Å². The maximum Gasteiger partial charge on any atom is 0.143 e. The summed E-state index contributed by atoms with van der Waals surface area (Å²) in [5, 5.41) is 4.50. The third-order valence-corrected chi connectivity index (χ3v) is 12.3. The van der Waals surface area contributed by atoms with Gasteiger partial charge in [0.2, 0.25) is 0 Å². The molecule has 10 aromatic carbocycles. The van der Waals surface area contributed by atoms with Crippen molar-refractivity contribution in [3.8, 4) is 55.6 Å². The molecule has 3 heteroatoms. The molecule has 296 valence electrons. The van der Waals surface area contributed by atoms with E-state index in [1.807, 2.05) is 18.2 Å². The first-order valence-corrected chi connectivity index (χ1v) is 21.4. The van der Waals surface area contributed by atoms with Gasteiger partial charge in [0.25, 0.3) is 0 Å². The first-order chi connectivity index (χ1) is 31.2. The number of anilines is 3. The second kappa shape index (κ2) is 15.3. The van der Waals surface area contributed by atoms with Crippen molar-refractivity contribution in [3.63, 3.8) is 0 Å². The molecule has 0 saturated heterocycles. The van der Waals surface area contributed by atoms with Crippen molar-refractivity contribution in [2.45, 2.75) is 0 Å². The standard InChI is InChI=1S/C60H39NO2/c1-3-13-40(14-4-1)41-27-33-47(34-28-41)61(49-37-31-44(32-38-49)51-21-10-23-54-53-19-7-8-26-57(53)62-58(51)54)48-35-29-42(30-36-48)45-17-9-18-46(39-45)52-22-12-25-56-55-24-11-20-50(59(55)63-60(52)56)43-15-5-2-6-16-43/h1-39H. The van der Waals surface area contributed by atoms with E-state index >= 15 is 0 Å². The monoisotopic (exact) mass is 805 g/mol. The maximum absolute atomic E-state index is 6.78. The van der Waals surface area contributed by atoms with Gasteiger partial charge in [-0.2, -0.15) is 0 Å². The third kappa shape index (κ3) is 6.46. The molecule has 0 atom stereocenters. The van der Waals surface area contributed by atoms with Crippen LogP contribution in [0, 0.1) is 0 Å². The maximum atomic E-state index is 6.78. The predicted molar refractivity (Wildman–Crippen MR) is 263 cm³/mol. The van der Waals surface area contributed by atoms with Crippen LogP contribution >= 0.6 is 0 Å². The molecule has 0 unspecified atom stereocenters. The molecule has 2 aromatic heterocycles. The van der Waals surface area contributed by atoms with Gasteiger partial charge in [-0.15, -0.1) is 0 Å². The molecule has 0 amide bonds. The highest BCUT2D eigenvalue weighted by atomic mass is 16.3. The van der Waals surface area contributed by atoms with Crippen LogP contribution in [-0.2, 0) is 0 Å². The van der Waals surface area contributed by atoms with Crippen molar-refractivity contribution in [1.82, 2.24) is 0 Å². The number of rotatable bonds is 8. The van der Waals surface area contributed by atoms with Crippen molar-refractivity contribution in [2.24, 2.45) is 0 Å². The van der Waals surface area contributed by atoms with Gasteiger partial charge >= 0.3 is 0 Å². The number of furan rings is 2. The summed E-state index contributed by atoms with van der Waals surface area (Å²) in [4.78, 5) is 2.33. The minimum atomic E-state index is 0.901. The summed E-state index contributed by atoms with van der Waals surface area (Å²) in [5.41, 5.74) is 18.1. The highest BCUT2D eigenvalue weighted by Gasteiger charge is 2.18. The zero-order chi connectivity index (χ0) is 41.7. The van der Waals surface area contributed by atoms with Crippen LogP contribution in [0.15, 0.2) is 245 Å². The molecule has 0 spiro atoms. The lowest BCUT2D eigenvalue weighted by Gasteiger charge is -2.26. The number of benzene rings is 10. The quantitative estimate of drug-likeness (QED) is 0.153. The lowest BCUT2D eigenvalue weighted by molar-refractivity contribution is 0.670. The Morgan fingerprint density at radius 1 is 0.238 bits per heavy atom. The molecule has 0 saturated carbocycles. The van der Waals surface area contributed by atoms with Crippen LogP contribution in [-0.4, -0.2) is 0 Å². The molecule has 0 aliphatic carbocycles. The fourth-order valence-electron chi connectivity index (χ4n) is 9.21. The summed E-state index contributed by atoms with van der Waals surface area (Å²) in [6.07, 6.45) is 0. The predicted octanol–water partition coefficient (Wildman–Crippen LogP) is 17.3. The summed E-state index contributed by atoms with van der Waals surface area (Å²) in [7, 11) is 0. The molecule has 63 heavy (non-hydrogen) atoms. The largest absolute Gasteiger partial charge is 0.455 e. The Morgan fingerprint density at radius 2 is 0.603 bits per heavy atom. The Hall–Kier alpha value is -8.40. The van der Waals surface area contributed by atoms with Crippen LogP contribution < -0.4 is 4.90 Å². The number of nitrogens with zero attached hydrogens (tertiary/aromatic N) is 1. The van der Waals surface area contributed by atoms with Gasteiger partial charge in [0.1, 0.15) is 22.3 Å². The van der Waals surface area contributed by atoms with E-state index in [2.05, 4.69) is 223 Å². The van der Waals surface area contributed by atoms with Gasteiger partial charge in [-0.1, -0.05) is 188 Å². The van der Waals surface area contributed by atoms with Gasteiger partial charge < -0.3 is 13.7 Å². The molecule has 0 radical (unpaired) electrons. The van der Waals surface area contributed by atoms with Gasteiger partial charge in [0.05, 0.1) is 0 Å². The summed E-state index contributed by atoms with van der Waals surface area (Å²) in [5.74, 6) is 0. The Kier molecular flexibility index (Phi) is 8.83. The molecule has 0 fully saturated rings. The van der Waals surface area contributed by atoms with Crippen LogP contribution in [0.25, 0.3) is 99.5 Å². The number of fused-ring (bicyclic) bond motifs is 6. The Bertz CT molecular complexity index is 3580. The average Bonchev–Trinajstić information content (AvgIpc) is 3.94. The van der Waals surface area contributed by atoms with E-state index in [1.54, 1.807) is 0 Å². The highest BCUT2D eigenvalue weighted by molar-refractivity contribution is 6.13. The summed E-state index contributed by atoms with van der Waals surface area (Å²) in [6.45, 7) is 0. The minimum Gasteiger partial charge on any atom is -0.455 e. The second-order valence-corrected chi connectivity index (χ2v) is 16.0. The second-order valence-electron chi connectivity index (χ2n) is 16.0. The molecular weight excluding hydrogens is 767 g/mol. The van der Waals surface area contributed by atoms with E-state index in [1.165, 1.54) is 11.1 Å². The molecular formula is C60H39NO2. The van der Waals surface area contributed by atoms with E-state index in [9.17, 15) is 0 Å². The minimum absolute atomic E-state index is 0.901. The zero-order valence-corrected chi connectivity index (χ0v) is 34.3. The van der Waals surface area contributed by atoms with E-state index in [4.69, 9.17) is 8.83 Å². The Balaban J connectivity index is 0.904. The Morgan fingerprint density at radius 3 is 1.19 bits per heavy atom. The fourth-order valence-corrected chi connectivity index (χ4v) is 9.21. The molecule has 12 aromatic rings. The molecule has 3 nitrogen and oxygen atoms in total. The van der Waals surface area contributed by atoms with Gasteiger partial charge in [-0.05, 0) is 87.5 Å². The first kappa shape index (κ1) is 36.5. The lowest BCUT2D eigenvalue weighted by Crippen LogP contribution is -2.09. The normalized spacial score (nSPS) is 11.5. The first-order valence-electron chi connectivity index (χ1n) is 21.4. The van der Waals surface area contributed by atoms with Crippen LogP contribution in [0.3, 0.4) is 0 Å². The van der Waals surface area contributed by atoms with Crippen LogP contribution in [0.4, 0.5) is 17.1 Å².